The molecule has 1 aromatic rings. The van der Waals surface area contributed by atoms with Gasteiger partial charge in [0.25, 0.3) is 5.91 Å². The first kappa shape index (κ1) is 18.3. The van der Waals surface area contributed by atoms with Crippen molar-refractivity contribution in [2.75, 3.05) is 53.6 Å². The molecule has 2 atom stereocenters. The van der Waals surface area contributed by atoms with Crippen LogP contribution in [0.25, 0.3) is 0 Å². The molecule has 138 valence electrons. The topological polar surface area (TPSA) is 54.9 Å². The Morgan fingerprint density at radius 1 is 1.52 bits per heavy atom. The molecule has 0 aliphatic carbocycles. The summed E-state index contributed by atoms with van der Waals surface area (Å²) in [5.41, 5.74) is 0.350. The van der Waals surface area contributed by atoms with Gasteiger partial charge in [-0.2, -0.15) is 0 Å². The van der Waals surface area contributed by atoms with Crippen LogP contribution in [0.15, 0.2) is 24.4 Å². The van der Waals surface area contributed by atoms with E-state index in [1.165, 1.54) is 0 Å². The van der Waals surface area contributed by atoms with E-state index in [4.69, 9.17) is 9.47 Å². The second kappa shape index (κ2) is 8.25. The molecule has 1 amide bonds. The van der Waals surface area contributed by atoms with E-state index >= 15 is 0 Å². The lowest BCUT2D eigenvalue weighted by atomic mass is 9.86. The summed E-state index contributed by atoms with van der Waals surface area (Å²) in [5, 5.41) is 0. The van der Waals surface area contributed by atoms with Gasteiger partial charge < -0.3 is 19.3 Å². The summed E-state index contributed by atoms with van der Waals surface area (Å²) in [6, 6.07) is 5.48. The molecular weight excluding hydrogens is 318 g/mol. The molecule has 2 aliphatic rings. The number of likely N-dealkylation sites (tertiary alicyclic amines) is 1. The van der Waals surface area contributed by atoms with Crippen molar-refractivity contribution >= 4 is 5.91 Å². The summed E-state index contributed by atoms with van der Waals surface area (Å²) in [6.07, 6.45) is 4.73. The molecule has 0 bridgehead atoms. The van der Waals surface area contributed by atoms with Crippen LogP contribution in [-0.2, 0) is 9.47 Å². The number of pyridine rings is 1. The third-order valence-corrected chi connectivity index (χ3v) is 5.24. The van der Waals surface area contributed by atoms with Crippen molar-refractivity contribution in [2.24, 2.45) is 5.92 Å². The van der Waals surface area contributed by atoms with Gasteiger partial charge in [-0.3, -0.25) is 9.78 Å². The molecule has 0 aromatic carbocycles. The van der Waals surface area contributed by atoms with Crippen LogP contribution in [0.5, 0.6) is 0 Å². The summed E-state index contributed by atoms with van der Waals surface area (Å²) < 4.78 is 11.4. The maximum absolute atomic E-state index is 12.7. The molecule has 1 aromatic heterocycles. The van der Waals surface area contributed by atoms with Gasteiger partial charge >= 0.3 is 0 Å². The highest BCUT2D eigenvalue weighted by atomic mass is 16.5. The van der Waals surface area contributed by atoms with Crippen molar-refractivity contribution in [3.05, 3.63) is 30.1 Å². The Morgan fingerprint density at radius 3 is 3.16 bits per heavy atom. The van der Waals surface area contributed by atoms with E-state index in [9.17, 15) is 4.79 Å². The molecule has 0 saturated carbocycles. The number of amides is 1. The van der Waals surface area contributed by atoms with Crippen LogP contribution in [0.3, 0.4) is 0 Å². The van der Waals surface area contributed by atoms with Gasteiger partial charge in [0, 0.05) is 32.9 Å². The molecule has 0 unspecified atom stereocenters. The van der Waals surface area contributed by atoms with Crippen LogP contribution in [0, 0.1) is 5.92 Å². The Hall–Kier alpha value is -1.50. The van der Waals surface area contributed by atoms with E-state index in [-0.39, 0.29) is 11.5 Å². The molecule has 3 heterocycles. The average molecular weight is 347 g/mol. The average Bonchev–Trinajstić information content (AvgIpc) is 3.01. The molecular formula is C19H29N3O3. The number of nitrogens with zero attached hydrogens (tertiary/aromatic N) is 3. The van der Waals surface area contributed by atoms with Gasteiger partial charge in [0.05, 0.1) is 25.4 Å². The van der Waals surface area contributed by atoms with E-state index in [2.05, 4.69) is 16.9 Å². The van der Waals surface area contributed by atoms with Gasteiger partial charge in [-0.05, 0) is 44.4 Å². The number of hydrogen-bond donors (Lipinski definition) is 0. The van der Waals surface area contributed by atoms with Crippen molar-refractivity contribution in [3.63, 3.8) is 0 Å². The lowest BCUT2D eigenvalue weighted by Gasteiger charge is -2.39. The van der Waals surface area contributed by atoms with Gasteiger partial charge in [0.2, 0.25) is 0 Å². The second-order valence-electron chi connectivity index (χ2n) is 7.36. The predicted molar refractivity (Wildman–Crippen MR) is 95.5 cm³/mol. The number of methoxy groups -OCH3 is 1. The van der Waals surface area contributed by atoms with Gasteiger partial charge in [-0.25, -0.2) is 0 Å². The predicted octanol–water partition coefficient (Wildman–Crippen LogP) is 1.67. The fourth-order valence-electron chi connectivity index (χ4n) is 4.04. The smallest absolute Gasteiger partial charge is 0.272 e. The zero-order valence-corrected chi connectivity index (χ0v) is 15.3. The van der Waals surface area contributed by atoms with Crippen LogP contribution in [0.2, 0.25) is 0 Å². The second-order valence-corrected chi connectivity index (χ2v) is 7.36. The Morgan fingerprint density at radius 2 is 2.40 bits per heavy atom. The minimum absolute atomic E-state index is 0.0175. The van der Waals surface area contributed by atoms with Gasteiger partial charge in [-0.1, -0.05) is 6.07 Å². The Bertz CT molecular complexity index is 568. The van der Waals surface area contributed by atoms with Crippen LogP contribution in [0.1, 0.15) is 29.8 Å². The first-order chi connectivity index (χ1) is 12.1. The normalized spacial score (nSPS) is 26.5. The number of rotatable bonds is 6. The maximum Gasteiger partial charge on any atom is 0.272 e. The highest BCUT2D eigenvalue weighted by molar-refractivity contribution is 5.92. The van der Waals surface area contributed by atoms with E-state index in [0.717, 1.165) is 52.1 Å². The van der Waals surface area contributed by atoms with E-state index in [1.807, 2.05) is 17.0 Å². The first-order valence-electron chi connectivity index (χ1n) is 9.14. The Kier molecular flexibility index (Phi) is 6.04. The standard InChI is InChI=1S/C19H29N3O3/c1-21(10-11-24-2)13-16-12-19(25-14-16)7-5-9-22(15-19)18(23)17-6-3-4-8-20-17/h3-4,6,8,16H,5,7,9-15H2,1-2H3/t16-,19+/m0/s1. The van der Waals surface area contributed by atoms with E-state index in [0.29, 0.717) is 18.2 Å². The first-order valence-corrected chi connectivity index (χ1v) is 9.14. The van der Waals surface area contributed by atoms with Gasteiger partial charge in [-0.15, -0.1) is 0 Å². The zero-order chi connectivity index (χ0) is 17.7. The van der Waals surface area contributed by atoms with Crippen molar-refractivity contribution in [1.82, 2.24) is 14.8 Å². The molecule has 25 heavy (non-hydrogen) atoms. The lowest BCUT2D eigenvalue weighted by molar-refractivity contribution is -0.0451. The van der Waals surface area contributed by atoms with Crippen LogP contribution in [0.4, 0.5) is 0 Å². The largest absolute Gasteiger partial charge is 0.383 e. The molecule has 6 nitrogen and oxygen atoms in total. The molecule has 2 aliphatic heterocycles. The summed E-state index contributed by atoms with van der Waals surface area (Å²) >= 11 is 0. The monoisotopic (exact) mass is 347 g/mol. The number of likely N-dealkylation sites (N-methyl/N-ethyl adjacent to an activating group) is 1. The van der Waals surface area contributed by atoms with E-state index < -0.39 is 0 Å². The highest BCUT2D eigenvalue weighted by Crippen LogP contribution is 2.38. The van der Waals surface area contributed by atoms with Crippen LogP contribution >= 0.6 is 0 Å². The third-order valence-electron chi connectivity index (χ3n) is 5.24. The SMILES string of the molecule is COCCN(C)C[C@H]1CO[C@]2(CCCN(C(=O)c3ccccn3)C2)C1. The number of carbonyl (C=O) groups excluding carboxylic acids is 1. The number of hydrogen-bond acceptors (Lipinski definition) is 5. The minimum Gasteiger partial charge on any atom is -0.383 e. The van der Waals surface area contributed by atoms with Crippen molar-refractivity contribution in [1.29, 1.82) is 0 Å². The van der Waals surface area contributed by atoms with Crippen LogP contribution < -0.4 is 0 Å². The maximum atomic E-state index is 12.7. The molecule has 3 rings (SSSR count). The summed E-state index contributed by atoms with van der Waals surface area (Å²) in [4.78, 5) is 21.1. The fraction of sp³-hybridized carbons (Fsp3) is 0.684. The zero-order valence-electron chi connectivity index (χ0n) is 15.3. The Balaban J connectivity index is 1.57. The Labute approximate surface area is 150 Å². The van der Waals surface area contributed by atoms with Crippen molar-refractivity contribution < 1.29 is 14.3 Å². The lowest BCUT2D eigenvalue weighted by Crippen LogP contribution is -2.50. The quantitative estimate of drug-likeness (QED) is 0.784. The third kappa shape index (κ3) is 4.57. The number of aromatic nitrogens is 1. The fourth-order valence-corrected chi connectivity index (χ4v) is 4.04. The minimum atomic E-state index is -0.171. The van der Waals surface area contributed by atoms with Gasteiger partial charge in [0.1, 0.15) is 5.69 Å². The summed E-state index contributed by atoms with van der Waals surface area (Å²) in [5.74, 6) is 0.538. The number of carbonyl (C=O) groups is 1. The molecule has 2 fully saturated rings. The molecule has 0 radical (unpaired) electrons. The van der Waals surface area contributed by atoms with Gasteiger partial charge in [0.15, 0.2) is 0 Å². The molecule has 0 N–H and O–H groups in total. The number of ether oxygens (including phenoxy) is 2. The van der Waals surface area contributed by atoms with Crippen molar-refractivity contribution in [2.45, 2.75) is 24.9 Å². The van der Waals surface area contributed by atoms with Crippen LogP contribution in [-0.4, -0.2) is 79.8 Å². The summed E-state index contributed by atoms with van der Waals surface area (Å²) in [6.45, 7) is 4.95. The molecule has 1 spiro atoms. The molecule has 2 saturated heterocycles. The van der Waals surface area contributed by atoms with Crippen molar-refractivity contribution in [3.8, 4) is 0 Å². The van der Waals surface area contributed by atoms with E-state index in [1.54, 1.807) is 19.4 Å². The summed E-state index contributed by atoms with van der Waals surface area (Å²) in [7, 11) is 3.86. The molecule has 6 heteroatoms. The highest BCUT2D eigenvalue weighted by Gasteiger charge is 2.44. The number of piperidine rings is 1.